The Morgan fingerprint density at radius 3 is 1.95 bits per heavy atom. The summed E-state index contributed by atoms with van der Waals surface area (Å²) in [6.45, 7) is 0. The van der Waals surface area contributed by atoms with Crippen LogP contribution < -0.4 is 16.0 Å². The lowest BCUT2D eigenvalue weighted by Crippen LogP contribution is -2.59. The van der Waals surface area contributed by atoms with Crippen LogP contribution in [0.4, 0.5) is 0 Å². The maximum Gasteiger partial charge on any atom is 0.0871 e. The Morgan fingerprint density at radius 1 is 0.491 bits per heavy atom. The van der Waals surface area contributed by atoms with Gasteiger partial charge in [-0.15, -0.1) is 22.7 Å². The molecule has 3 unspecified atom stereocenters. The molecule has 12 rings (SSSR count). The zero-order valence-electron chi connectivity index (χ0n) is 31.1. The highest BCUT2D eigenvalue weighted by Crippen LogP contribution is 2.46. The molecule has 3 atom stereocenters. The van der Waals surface area contributed by atoms with Gasteiger partial charge >= 0.3 is 0 Å². The highest BCUT2D eigenvalue weighted by molar-refractivity contribution is 7.26. The van der Waals surface area contributed by atoms with E-state index in [1.54, 1.807) is 0 Å². The molecular weight excluding hydrogens is 733 g/mol. The molecule has 10 aromatic rings. The first kappa shape index (κ1) is 33.3. The zero-order valence-corrected chi connectivity index (χ0v) is 32.7. The number of benzene rings is 7. The molecule has 3 N–H and O–H groups in total. The summed E-state index contributed by atoms with van der Waals surface area (Å²) >= 11 is 3.77. The van der Waals surface area contributed by atoms with Crippen molar-refractivity contribution in [1.29, 1.82) is 0 Å². The number of para-hydroxylation sites is 2. The van der Waals surface area contributed by atoms with Crippen LogP contribution in [0.3, 0.4) is 0 Å². The number of hydrogen-bond acceptors (Lipinski definition) is 5. The maximum atomic E-state index is 3.98. The van der Waals surface area contributed by atoms with Crippen molar-refractivity contribution in [2.45, 2.75) is 31.3 Å². The molecule has 6 heteroatoms. The fraction of sp³-hybridized carbons (Fsp3) is 0.0980. The van der Waals surface area contributed by atoms with Gasteiger partial charge in [-0.25, -0.2) is 0 Å². The minimum absolute atomic E-state index is 0.0115. The summed E-state index contributed by atoms with van der Waals surface area (Å²) in [5.41, 5.74) is 10.00. The van der Waals surface area contributed by atoms with Crippen molar-refractivity contribution in [1.82, 2.24) is 20.5 Å². The highest BCUT2D eigenvalue weighted by Gasteiger charge is 2.31. The quantitative estimate of drug-likeness (QED) is 0.163. The van der Waals surface area contributed by atoms with E-state index in [0.29, 0.717) is 0 Å². The van der Waals surface area contributed by atoms with Gasteiger partial charge < -0.3 is 4.57 Å². The van der Waals surface area contributed by atoms with Crippen LogP contribution >= 0.6 is 22.7 Å². The molecule has 1 aliphatic carbocycles. The van der Waals surface area contributed by atoms with Crippen LogP contribution in [0.15, 0.2) is 175 Å². The van der Waals surface area contributed by atoms with E-state index in [-0.39, 0.29) is 18.5 Å². The van der Waals surface area contributed by atoms with Gasteiger partial charge in [-0.2, -0.15) is 0 Å². The SMILES string of the molecule is C1=CC(C2NC(c3ccccc3)NC(c3cccc4sc5ccc(-c6cccc7sc8cccc(-n9c%10ccccc%10c%10ccccc%109)c8c67)cc5c34)N2)=CCC1. The van der Waals surface area contributed by atoms with Gasteiger partial charge in [-0.1, -0.05) is 121 Å². The fourth-order valence-electron chi connectivity index (χ4n) is 9.42. The minimum atomic E-state index is -0.0686. The van der Waals surface area contributed by atoms with Gasteiger partial charge in [0.1, 0.15) is 0 Å². The average Bonchev–Trinajstić information content (AvgIpc) is 3.96. The lowest BCUT2D eigenvalue weighted by molar-refractivity contribution is 0.225. The molecule has 7 aromatic carbocycles. The Bertz CT molecular complexity index is 3200. The van der Waals surface area contributed by atoms with Crippen molar-refractivity contribution in [2.75, 3.05) is 0 Å². The number of rotatable bonds is 5. The number of aromatic nitrogens is 1. The fourth-order valence-corrected chi connectivity index (χ4v) is 11.7. The van der Waals surface area contributed by atoms with Crippen LogP contribution in [-0.2, 0) is 0 Å². The van der Waals surface area contributed by atoms with Crippen LogP contribution in [0.25, 0.3) is 79.0 Å². The van der Waals surface area contributed by atoms with Crippen molar-refractivity contribution in [3.63, 3.8) is 0 Å². The summed E-state index contributed by atoms with van der Waals surface area (Å²) in [5, 5.41) is 19.6. The number of nitrogens with one attached hydrogen (secondary N) is 3. The molecule has 0 spiro atoms. The predicted octanol–water partition coefficient (Wildman–Crippen LogP) is 13.3. The molecule has 0 amide bonds. The summed E-state index contributed by atoms with van der Waals surface area (Å²) in [7, 11) is 0. The van der Waals surface area contributed by atoms with Gasteiger partial charge in [0.15, 0.2) is 0 Å². The van der Waals surface area contributed by atoms with Crippen molar-refractivity contribution >= 4 is 84.8 Å². The molecule has 1 fully saturated rings. The molecule has 0 radical (unpaired) electrons. The van der Waals surface area contributed by atoms with E-state index in [4.69, 9.17) is 0 Å². The largest absolute Gasteiger partial charge is 0.309 e. The molecule has 1 saturated heterocycles. The van der Waals surface area contributed by atoms with Crippen molar-refractivity contribution in [3.8, 4) is 16.8 Å². The first-order valence-corrected chi connectivity index (χ1v) is 21.5. The summed E-state index contributed by atoms with van der Waals surface area (Å²) < 4.78 is 7.69. The zero-order chi connectivity index (χ0) is 37.5. The summed E-state index contributed by atoms with van der Waals surface area (Å²) in [4.78, 5) is 0. The van der Waals surface area contributed by atoms with Crippen LogP contribution in [0.2, 0.25) is 0 Å². The van der Waals surface area contributed by atoms with Crippen molar-refractivity contribution < 1.29 is 0 Å². The monoisotopic (exact) mass is 770 g/mol. The third kappa shape index (κ3) is 5.37. The Balaban J connectivity index is 1.04. The van der Waals surface area contributed by atoms with Gasteiger partial charge in [-0.3, -0.25) is 16.0 Å². The lowest BCUT2D eigenvalue weighted by Gasteiger charge is -2.40. The van der Waals surface area contributed by atoms with Crippen LogP contribution in [0, 0.1) is 0 Å². The van der Waals surface area contributed by atoms with Gasteiger partial charge in [0.2, 0.25) is 0 Å². The van der Waals surface area contributed by atoms with Crippen molar-refractivity contribution in [2.24, 2.45) is 0 Å². The van der Waals surface area contributed by atoms with E-state index < -0.39 is 0 Å². The maximum absolute atomic E-state index is 3.98. The van der Waals surface area contributed by atoms with Gasteiger partial charge in [0, 0.05) is 51.1 Å². The predicted molar refractivity (Wildman–Crippen MR) is 244 cm³/mol. The third-order valence-electron chi connectivity index (χ3n) is 12.0. The number of hydrogen-bond donors (Lipinski definition) is 3. The van der Waals surface area contributed by atoms with Gasteiger partial charge in [0.25, 0.3) is 0 Å². The van der Waals surface area contributed by atoms with E-state index in [9.17, 15) is 0 Å². The van der Waals surface area contributed by atoms with E-state index >= 15 is 0 Å². The van der Waals surface area contributed by atoms with Crippen LogP contribution in [-0.4, -0.2) is 10.7 Å². The molecule has 0 bridgehead atoms. The standard InChI is InChI=1S/C51H38N4S2/c1-3-14-31(15-4-1)49-52-50(32-16-5-2-6-17-32)54-51(53-49)37-21-12-25-43-46(37)38-30-33(28-29-42(38)56-43)34-20-11-26-44-47(34)48-41(24-13-27-45(48)57-44)55-39-22-9-7-18-35(39)36-19-8-10-23-40(36)55/h1,3-5,7-30,49-54H,2,6H2. The Kier molecular flexibility index (Phi) is 7.81. The first-order chi connectivity index (χ1) is 28.3. The van der Waals surface area contributed by atoms with Crippen LogP contribution in [0.5, 0.6) is 0 Å². The summed E-state index contributed by atoms with van der Waals surface area (Å²) in [6, 6.07) is 56.0. The second-order valence-electron chi connectivity index (χ2n) is 15.2. The number of thiophene rings is 2. The first-order valence-electron chi connectivity index (χ1n) is 19.8. The van der Waals surface area contributed by atoms with E-state index in [0.717, 1.165) is 12.8 Å². The molecule has 4 nitrogen and oxygen atoms in total. The molecule has 2 aliphatic rings. The highest BCUT2D eigenvalue weighted by atomic mass is 32.1. The lowest BCUT2D eigenvalue weighted by atomic mass is 9.95. The molecule has 274 valence electrons. The number of nitrogens with zero attached hydrogens (tertiary/aromatic N) is 1. The van der Waals surface area contributed by atoms with Crippen molar-refractivity contribution in [3.05, 3.63) is 187 Å². The van der Waals surface area contributed by atoms with E-state index in [1.165, 1.54) is 95.7 Å². The molecule has 0 saturated carbocycles. The molecule has 4 heterocycles. The molecular formula is C51H38N4S2. The normalized spacial score (nSPS) is 18.7. The summed E-state index contributed by atoms with van der Waals surface area (Å²) in [6.07, 6.45) is 9.06. The third-order valence-corrected chi connectivity index (χ3v) is 14.2. The van der Waals surface area contributed by atoms with E-state index in [1.807, 2.05) is 22.7 Å². The second-order valence-corrected chi connectivity index (χ2v) is 17.4. The topological polar surface area (TPSA) is 41.0 Å². The molecule has 57 heavy (non-hydrogen) atoms. The molecule has 1 aliphatic heterocycles. The van der Waals surface area contributed by atoms with Crippen LogP contribution in [0.1, 0.15) is 36.3 Å². The smallest absolute Gasteiger partial charge is 0.0871 e. The van der Waals surface area contributed by atoms with Gasteiger partial charge in [0.05, 0.1) is 35.2 Å². The van der Waals surface area contributed by atoms with E-state index in [2.05, 4.69) is 190 Å². The summed E-state index contributed by atoms with van der Waals surface area (Å²) in [5.74, 6) is 0. The minimum Gasteiger partial charge on any atom is -0.309 e. The average molecular weight is 771 g/mol. The molecule has 3 aromatic heterocycles. The Labute approximate surface area is 338 Å². The Morgan fingerprint density at radius 2 is 1.16 bits per heavy atom. The number of fused-ring (bicyclic) bond motifs is 9. The number of allylic oxidation sites excluding steroid dienone is 2. The Hall–Kier alpha value is -5.86. The van der Waals surface area contributed by atoms with Gasteiger partial charge in [-0.05, 0) is 89.2 Å². The second kappa shape index (κ2) is 13.4.